The van der Waals surface area contributed by atoms with Crippen LogP contribution in [0.1, 0.15) is 13.3 Å². The maximum Gasteiger partial charge on any atom is 0.125 e. The van der Waals surface area contributed by atoms with Crippen LogP contribution in [0.15, 0.2) is 18.2 Å². The molecule has 0 bridgehead atoms. The van der Waals surface area contributed by atoms with Crippen molar-refractivity contribution in [3.8, 4) is 0 Å². The minimum Gasteiger partial charge on any atom is -0.397 e. The highest BCUT2D eigenvalue weighted by molar-refractivity contribution is 7.84. The zero-order chi connectivity index (χ0) is 12.1. The van der Waals surface area contributed by atoms with E-state index in [1.165, 1.54) is 18.2 Å². The molecule has 0 amide bonds. The smallest absolute Gasteiger partial charge is 0.125 e. The van der Waals surface area contributed by atoms with Gasteiger partial charge in [0, 0.05) is 28.9 Å². The summed E-state index contributed by atoms with van der Waals surface area (Å²) in [7, 11) is -0.823. The second-order valence-electron chi connectivity index (χ2n) is 3.76. The lowest BCUT2D eigenvalue weighted by Gasteiger charge is -2.11. The zero-order valence-electron chi connectivity index (χ0n) is 9.50. The molecule has 2 unspecified atom stereocenters. The maximum absolute atomic E-state index is 12.9. The van der Waals surface area contributed by atoms with E-state index >= 15 is 0 Å². The fourth-order valence-corrected chi connectivity index (χ4v) is 1.71. The van der Waals surface area contributed by atoms with E-state index in [0.717, 1.165) is 6.42 Å². The number of nitrogens with one attached hydrogen (secondary N) is 1. The van der Waals surface area contributed by atoms with E-state index in [1.807, 2.05) is 6.92 Å². The van der Waals surface area contributed by atoms with E-state index in [0.29, 0.717) is 17.9 Å². The molecule has 1 aromatic carbocycles. The maximum atomic E-state index is 12.9. The van der Waals surface area contributed by atoms with Crippen LogP contribution in [0.4, 0.5) is 15.8 Å². The highest BCUT2D eigenvalue weighted by atomic mass is 32.2. The first-order chi connectivity index (χ1) is 7.50. The van der Waals surface area contributed by atoms with Gasteiger partial charge in [-0.05, 0) is 24.6 Å². The summed E-state index contributed by atoms with van der Waals surface area (Å²) >= 11 is 0. The Bertz CT molecular complexity index is 384. The summed E-state index contributed by atoms with van der Waals surface area (Å²) in [6, 6.07) is 4.21. The van der Waals surface area contributed by atoms with E-state index in [4.69, 9.17) is 5.73 Å². The van der Waals surface area contributed by atoms with Gasteiger partial charge in [0.1, 0.15) is 5.82 Å². The molecular formula is C11H17FN2OS. The fraction of sp³-hybridized carbons (Fsp3) is 0.455. The van der Waals surface area contributed by atoms with Crippen LogP contribution < -0.4 is 11.1 Å². The number of nitrogen functional groups attached to an aromatic ring is 1. The van der Waals surface area contributed by atoms with Gasteiger partial charge >= 0.3 is 0 Å². The summed E-state index contributed by atoms with van der Waals surface area (Å²) in [5, 5.41) is 3.17. The van der Waals surface area contributed by atoms with Crippen molar-refractivity contribution in [3.63, 3.8) is 0 Å². The van der Waals surface area contributed by atoms with E-state index < -0.39 is 10.8 Å². The Balaban J connectivity index is 2.48. The molecular weight excluding hydrogens is 227 g/mol. The molecule has 1 rings (SSSR count). The third kappa shape index (κ3) is 3.81. The van der Waals surface area contributed by atoms with E-state index in [2.05, 4.69) is 5.32 Å². The molecule has 0 heterocycles. The number of nitrogens with two attached hydrogens (primary N) is 1. The van der Waals surface area contributed by atoms with Gasteiger partial charge in [0.15, 0.2) is 0 Å². The van der Waals surface area contributed by atoms with E-state index in [-0.39, 0.29) is 11.1 Å². The van der Waals surface area contributed by atoms with Gasteiger partial charge in [0.25, 0.3) is 0 Å². The topological polar surface area (TPSA) is 55.1 Å². The SMILES string of the molecule is CC(CCNc1cc(F)ccc1N)S(C)=O. The molecule has 0 aromatic heterocycles. The largest absolute Gasteiger partial charge is 0.397 e. The first-order valence-electron chi connectivity index (χ1n) is 5.12. The molecule has 0 fully saturated rings. The Morgan fingerprint density at radius 2 is 2.25 bits per heavy atom. The summed E-state index contributed by atoms with van der Waals surface area (Å²) in [5.74, 6) is -0.316. The number of halogens is 1. The first-order valence-corrected chi connectivity index (χ1v) is 6.74. The van der Waals surface area contributed by atoms with Crippen LogP contribution in [0.5, 0.6) is 0 Å². The van der Waals surface area contributed by atoms with Gasteiger partial charge in [0.2, 0.25) is 0 Å². The molecule has 0 aliphatic carbocycles. The zero-order valence-corrected chi connectivity index (χ0v) is 10.3. The number of benzene rings is 1. The monoisotopic (exact) mass is 244 g/mol. The van der Waals surface area contributed by atoms with Crippen molar-refractivity contribution in [1.82, 2.24) is 0 Å². The molecule has 0 radical (unpaired) electrons. The van der Waals surface area contributed by atoms with Crippen molar-refractivity contribution < 1.29 is 8.60 Å². The molecule has 90 valence electrons. The average Bonchev–Trinajstić information content (AvgIpc) is 2.22. The molecule has 0 spiro atoms. The van der Waals surface area contributed by atoms with Gasteiger partial charge in [-0.3, -0.25) is 4.21 Å². The lowest BCUT2D eigenvalue weighted by Crippen LogP contribution is -2.15. The standard InChI is InChI=1S/C11H17FN2OS/c1-8(16(2)15)5-6-14-11-7-9(12)3-4-10(11)13/h3-4,7-8,14H,5-6,13H2,1-2H3. The quantitative estimate of drug-likeness (QED) is 0.779. The van der Waals surface area contributed by atoms with Crippen LogP contribution in [0.2, 0.25) is 0 Å². The molecule has 0 saturated heterocycles. The Morgan fingerprint density at radius 1 is 1.56 bits per heavy atom. The van der Waals surface area contributed by atoms with Gasteiger partial charge in [0.05, 0.1) is 11.4 Å². The molecule has 2 atom stereocenters. The molecule has 5 heteroatoms. The Kier molecular flexibility index (Phi) is 4.73. The van der Waals surface area contributed by atoms with Crippen molar-refractivity contribution in [2.75, 3.05) is 23.9 Å². The summed E-state index contributed by atoms with van der Waals surface area (Å²) in [5.41, 5.74) is 6.79. The van der Waals surface area contributed by atoms with Gasteiger partial charge in [-0.15, -0.1) is 0 Å². The average molecular weight is 244 g/mol. The van der Waals surface area contributed by atoms with Gasteiger partial charge in [-0.25, -0.2) is 4.39 Å². The van der Waals surface area contributed by atoms with Crippen LogP contribution in [0, 0.1) is 5.82 Å². The van der Waals surface area contributed by atoms with Gasteiger partial charge < -0.3 is 11.1 Å². The van der Waals surface area contributed by atoms with Crippen LogP contribution in [-0.2, 0) is 10.8 Å². The second kappa shape index (κ2) is 5.84. The third-order valence-corrected chi connectivity index (χ3v) is 3.82. The van der Waals surface area contributed by atoms with Crippen LogP contribution in [0.3, 0.4) is 0 Å². The Labute approximate surface area is 97.7 Å². The minimum absolute atomic E-state index is 0.127. The van der Waals surface area contributed by atoms with Crippen LogP contribution >= 0.6 is 0 Å². The van der Waals surface area contributed by atoms with E-state index in [9.17, 15) is 8.60 Å². The van der Waals surface area contributed by atoms with Crippen molar-refractivity contribution in [3.05, 3.63) is 24.0 Å². The van der Waals surface area contributed by atoms with E-state index in [1.54, 1.807) is 6.26 Å². The minimum atomic E-state index is -0.823. The molecule has 16 heavy (non-hydrogen) atoms. The second-order valence-corrected chi connectivity index (χ2v) is 5.56. The summed E-state index contributed by atoms with van der Waals surface area (Å²) in [6.07, 6.45) is 2.44. The predicted octanol–water partition coefficient (Wildman–Crippen LogP) is 1.98. The van der Waals surface area contributed by atoms with Crippen molar-refractivity contribution in [2.24, 2.45) is 0 Å². The summed E-state index contributed by atoms with van der Waals surface area (Å²) in [6.45, 7) is 2.56. The van der Waals surface area contributed by atoms with Gasteiger partial charge in [-0.2, -0.15) is 0 Å². The molecule has 0 saturated carbocycles. The van der Waals surface area contributed by atoms with Crippen molar-refractivity contribution in [1.29, 1.82) is 0 Å². The third-order valence-electron chi connectivity index (χ3n) is 2.45. The van der Waals surface area contributed by atoms with Gasteiger partial charge in [-0.1, -0.05) is 6.92 Å². The summed E-state index contributed by atoms with van der Waals surface area (Å²) < 4.78 is 24.0. The lowest BCUT2D eigenvalue weighted by molar-refractivity contribution is 0.628. The highest BCUT2D eigenvalue weighted by Crippen LogP contribution is 2.19. The van der Waals surface area contributed by atoms with Crippen molar-refractivity contribution in [2.45, 2.75) is 18.6 Å². The Hall–Kier alpha value is -1.10. The highest BCUT2D eigenvalue weighted by Gasteiger charge is 2.06. The molecule has 3 nitrogen and oxygen atoms in total. The van der Waals surface area contributed by atoms with Crippen LogP contribution in [-0.4, -0.2) is 22.3 Å². The number of hydrogen-bond acceptors (Lipinski definition) is 3. The summed E-state index contributed by atoms with van der Waals surface area (Å²) in [4.78, 5) is 0. The Morgan fingerprint density at radius 3 is 2.88 bits per heavy atom. The predicted molar refractivity (Wildman–Crippen MR) is 67.4 cm³/mol. The first kappa shape index (κ1) is 13.0. The lowest BCUT2D eigenvalue weighted by atomic mass is 10.2. The molecule has 3 N–H and O–H groups in total. The molecule has 1 aromatic rings. The number of hydrogen-bond donors (Lipinski definition) is 2. The molecule has 0 aliphatic rings. The molecule has 0 aliphatic heterocycles. The van der Waals surface area contributed by atoms with Crippen molar-refractivity contribution >= 4 is 22.2 Å². The normalized spacial score (nSPS) is 14.4. The number of anilines is 2. The van der Waals surface area contributed by atoms with Crippen LogP contribution in [0.25, 0.3) is 0 Å². The fourth-order valence-electron chi connectivity index (χ4n) is 1.26. The number of rotatable bonds is 5.